The predicted molar refractivity (Wildman–Crippen MR) is 133 cm³/mol. The number of hydrogen-bond acceptors (Lipinski definition) is 7. The average Bonchev–Trinajstić information content (AvgIpc) is 3.50. The van der Waals surface area contributed by atoms with Crippen LogP contribution in [0.3, 0.4) is 0 Å². The number of carbonyl (C=O) groups excluding carboxylic acids is 2. The van der Waals surface area contributed by atoms with Gasteiger partial charge in [-0.3, -0.25) is 14.2 Å². The first-order valence-electron chi connectivity index (χ1n) is 10.8. The molecule has 0 spiro atoms. The number of aromatic nitrogens is 3. The summed E-state index contributed by atoms with van der Waals surface area (Å²) in [5.41, 5.74) is 3.00. The third-order valence-corrected chi connectivity index (χ3v) is 6.03. The number of amides is 2. The lowest BCUT2D eigenvalue weighted by molar-refractivity contribution is -0.114. The van der Waals surface area contributed by atoms with Crippen molar-refractivity contribution in [1.29, 1.82) is 0 Å². The lowest BCUT2D eigenvalue weighted by Crippen LogP contribution is -2.14. The molecule has 0 radical (unpaired) electrons. The molecular weight excluding hydrogens is 466 g/mol. The van der Waals surface area contributed by atoms with Crippen molar-refractivity contribution in [3.8, 4) is 28.6 Å². The lowest BCUT2D eigenvalue weighted by Gasteiger charge is -2.11. The van der Waals surface area contributed by atoms with Crippen LogP contribution in [0.2, 0.25) is 0 Å². The van der Waals surface area contributed by atoms with Crippen LogP contribution in [0.1, 0.15) is 6.92 Å². The van der Waals surface area contributed by atoms with E-state index in [2.05, 4.69) is 20.8 Å². The SMILES string of the molecule is CC(=O)Nc1ccc(NC(=O)CSc2nnc(-c3ccc4c(c3)OCO4)n2-c2ccccc2)cc1. The van der Waals surface area contributed by atoms with E-state index in [1.165, 1.54) is 18.7 Å². The Hall–Kier alpha value is -4.31. The summed E-state index contributed by atoms with van der Waals surface area (Å²) in [6.45, 7) is 1.63. The van der Waals surface area contributed by atoms with Crippen LogP contribution in [0, 0.1) is 0 Å². The zero-order chi connectivity index (χ0) is 24.2. The fraction of sp³-hybridized carbons (Fsp3) is 0.120. The fourth-order valence-electron chi connectivity index (χ4n) is 3.56. The summed E-state index contributed by atoms with van der Waals surface area (Å²) in [6, 6.07) is 22.3. The topological polar surface area (TPSA) is 107 Å². The number of ether oxygens (including phenoxy) is 2. The van der Waals surface area contributed by atoms with Gasteiger partial charge in [0.25, 0.3) is 0 Å². The number of hydrogen-bond donors (Lipinski definition) is 2. The molecular formula is C25H21N5O4S. The minimum atomic E-state index is -0.186. The Labute approximate surface area is 205 Å². The van der Waals surface area contributed by atoms with Gasteiger partial charge in [-0.2, -0.15) is 0 Å². The van der Waals surface area contributed by atoms with E-state index in [-0.39, 0.29) is 24.4 Å². The van der Waals surface area contributed by atoms with Gasteiger partial charge in [0.05, 0.1) is 5.75 Å². The molecule has 10 heteroatoms. The highest BCUT2D eigenvalue weighted by atomic mass is 32.2. The molecule has 3 aromatic carbocycles. The van der Waals surface area contributed by atoms with Crippen LogP contribution in [-0.4, -0.2) is 39.1 Å². The highest BCUT2D eigenvalue weighted by Gasteiger charge is 2.20. The van der Waals surface area contributed by atoms with Crippen molar-refractivity contribution in [3.63, 3.8) is 0 Å². The largest absolute Gasteiger partial charge is 0.454 e. The number of anilines is 2. The van der Waals surface area contributed by atoms with Crippen molar-refractivity contribution in [2.45, 2.75) is 12.1 Å². The van der Waals surface area contributed by atoms with Crippen molar-refractivity contribution in [3.05, 3.63) is 72.8 Å². The molecule has 2 heterocycles. The number of thioether (sulfide) groups is 1. The molecule has 4 aromatic rings. The maximum atomic E-state index is 12.6. The van der Waals surface area contributed by atoms with Crippen LogP contribution in [-0.2, 0) is 9.59 Å². The van der Waals surface area contributed by atoms with Gasteiger partial charge in [-0.15, -0.1) is 10.2 Å². The number of benzene rings is 3. The molecule has 0 bridgehead atoms. The smallest absolute Gasteiger partial charge is 0.234 e. The van der Waals surface area contributed by atoms with Gasteiger partial charge in [0, 0.05) is 29.5 Å². The number of para-hydroxylation sites is 1. The van der Waals surface area contributed by atoms with Crippen molar-refractivity contribution >= 4 is 35.0 Å². The van der Waals surface area contributed by atoms with Crippen molar-refractivity contribution in [2.75, 3.05) is 23.2 Å². The van der Waals surface area contributed by atoms with Gasteiger partial charge < -0.3 is 20.1 Å². The van der Waals surface area contributed by atoms with E-state index in [4.69, 9.17) is 9.47 Å². The molecule has 1 aromatic heterocycles. The first kappa shape index (κ1) is 22.5. The van der Waals surface area contributed by atoms with Crippen LogP contribution in [0.25, 0.3) is 17.1 Å². The zero-order valence-corrected chi connectivity index (χ0v) is 19.5. The van der Waals surface area contributed by atoms with E-state index in [1.807, 2.05) is 53.1 Å². The average molecular weight is 488 g/mol. The summed E-state index contributed by atoms with van der Waals surface area (Å²) >= 11 is 1.29. The van der Waals surface area contributed by atoms with E-state index in [0.717, 1.165) is 11.3 Å². The van der Waals surface area contributed by atoms with E-state index >= 15 is 0 Å². The maximum absolute atomic E-state index is 12.6. The molecule has 9 nitrogen and oxygen atoms in total. The Bertz CT molecular complexity index is 1370. The van der Waals surface area contributed by atoms with Crippen LogP contribution in [0.15, 0.2) is 78.0 Å². The second kappa shape index (κ2) is 9.90. The third-order valence-electron chi connectivity index (χ3n) is 5.10. The molecule has 5 rings (SSSR count). The predicted octanol–water partition coefficient (Wildman–Crippen LogP) is 4.35. The van der Waals surface area contributed by atoms with Crippen LogP contribution >= 0.6 is 11.8 Å². The monoisotopic (exact) mass is 487 g/mol. The van der Waals surface area contributed by atoms with E-state index < -0.39 is 0 Å². The molecule has 2 amide bonds. The van der Waals surface area contributed by atoms with E-state index in [0.29, 0.717) is 33.9 Å². The van der Waals surface area contributed by atoms with Crippen LogP contribution in [0.5, 0.6) is 11.5 Å². The number of carbonyl (C=O) groups is 2. The molecule has 1 aliphatic rings. The van der Waals surface area contributed by atoms with Crippen LogP contribution < -0.4 is 20.1 Å². The molecule has 0 fully saturated rings. The standard InChI is InChI=1S/C25H21N5O4S/c1-16(31)26-18-8-10-19(11-9-18)27-23(32)14-35-25-29-28-24(30(25)20-5-3-2-4-6-20)17-7-12-21-22(13-17)34-15-33-21/h2-13H,14-15H2,1H3,(H,26,31)(H,27,32). The summed E-state index contributed by atoms with van der Waals surface area (Å²) in [7, 11) is 0. The highest BCUT2D eigenvalue weighted by Crippen LogP contribution is 2.37. The summed E-state index contributed by atoms with van der Waals surface area (Å²) < 4.78 is 12.8. The second-order valence-corrected chi connectivity index (χ2v) is 8.58. The zero-order valence-electron chi connectivity index (χ0n) is 18.7. The molecule has 0 unspecified atom stereocenters. The fourth-order valence-corrected chi connectivity index (χ4v) is 4.32. The lowest BCUT2D eigenvalue weighted by atomic mass is 10.2. The van der Waals surface area contributed by atoms with Crippen molar-refractivity contribution < 1.29 is 19.1 Å². The van der Waals surface area contributed by atoms with E-state index in [9.17, 15) is 9.59 Å². The third kappa shape index (κ3) is 5.12. The Morgan fingerprint density at radius 3 is 2.37 bits per heavy atom. The van der Waals surface area contributed by atoms with Crippen molar-refractivity contribution in [1.82, 2.24) is 14.8 Å². The minimum absolute atomic E-state index is 0.138. The van der Waals surface area contributed by atoms with Gasteiger partial charge >= 0.3 is 0 Å². The highest BCUT2D eigenvalue weighted by molar-refractivity contribution is 7.99. The molecule has 176 valence electrons. The molecule has 0 atom stereocenters. The minimum Gasteiger partial charge on any atom is -0.454 e. The molecule has 0 saturated heterocycles. The first-order valence-corrected chi connectivity index (χ1v) is 11.8. The molecule has 35 heavy (non-hydrogen) atoms. The van der Waals surface area contributed by atoms with Gasteiger partial charge in [0.2, 0.25) is 18.6 Å². The van der Waals surface area contributed by atoms with Gasteiger partial charge in [-0.1, -0.05) is 30.0 Å². The van der Waals surface area contributed by atoms with Gasteiger partial charge in [-0.25, -0.2) is 0 Å². The van der Waals surface area contributed by atoms with Crippen LogP contribution in [0.4, 0.5) is 11.4 Å². The quantitative estimate of drug-likeness (QED) is 0.373. The number of fused-ring (bicyclic) bond motifs is 1. The Morgan fingerprint density at radius 2 is 1.63 bits per heavy atom. The Kier molecular flexibility index (Phi) is 6.36. The first-order chi connectivity index (χ1) is 17.1. The number of rotatable bonds is 7. The Morgan fingerprint density at radius 1 is 0.914 bits per heavy atom. The summed E-state index contributed by atoms with van der Waals surface area (Å²) in [5, 5.41) is 14.9. The summed E-state index contributed by atoms with van der Waals surface area (Å²) in [5.74, 6) is 1.78. The summed E-state index contributed by atoms with van der Waals surface area (Å²) in [4.78, 5) is 23.8. The van der Waals surface area contributed by atoms with Crippen molar-refractivity contribution in [2.24, 2.45) is 0 Å². The van der Waals surface area contributed by atoms with E-state index in [1.54, 1.807) is 24.3 Å². The van der Waals surface area contributed by atoms with Gasteiger partial charge in [-0.05, 0) is 54.6 Å². The Balaban J connectivity index is 1.34. The summed E-state index contributed by atoms with van der Waals surface area (Å²) in [6.07, 6.45) is 0. The van der Waals surface area contributed by atoms with Gasteiger partial charge in [0.1, 0.15) is 0 Å². The number of nitrogens with zero attached hydrogens (tertiary/aromatic N) is 3. The molecule has 1 aliphatic heterocycles. The second-order valence-electron chi connectivity index (χ2n) is 7.64. The molecule has 0 aliphatic carbocycles. The number of nitrogens with one attached hydrogen (secondary N) is 2. The normalized spacial score (nSPS) is 11.8. The van der Waals surface area contributed by atoms with Gasteiger partial charge in [0.15, 0.2) is 22.5 Å². The molecule has 0 saturated carbocycles. The molecule has 2 N–H and O–H groups in total. The maximum Gasteiger partial charge on any atom is 0.234 e.